The van der Waals surface area contributed by atoms with Crippen molar-refractivity contribution >= 4 is 17.2 Å². The summed E-state index contributed by atoms with van der Waals surface area (Å²) in [4.78, 5) is 4.52. The van der Waals surface area contributed by atoms with Crippen molar-refractivity contribution in [3.63, 3.8) is 0 Å². The Morgan fingerprint density at radius 3 is 2.45 bits per heavy atom. The van der Waals surface area contributed by atoms with Gasteiger partial charge in [-0.25, -0.2) is 0 Å². The van der Waals surface area contributed by atoms with Crippen molar-refractivity contribution in [2.24, 2.45) is 5.92 Å². The highest BCUT2D eigenvalue weighted by Gasteiger charge is 2.15. The van der Waals surface area contributed by atoms with E-state index in [1.54, 1.807) is 0 Å². The van der Waals surface area contributed by atoms with Crippen LogP contribution in [-0.2, 0) is 0 Å². The molecule has 1 saturated carbocycles. The minimum Gasteiger partial charge on any atom is -0.256 e. The fourth-order valence-corrected chi connectivity index (χ4v) is 2.97. The molecule has 1 fully saturated rings. The fourth-order valence-electron chi connectivity index (χ4n) is 2.84. The number of allylic oxidation sites excluding steroid dienone is 1. The van der Waals surface area contributed by atoms with E-state index in [-0.39, 0.29) is 0 Å². The van der Waals surface area contributed by atoms with Gasteiger partial charge in [0.05, 0.1) is 5.69 Å². The third-order valence-electron chi connectivity index (χ3n) is 3.90. The molecule has 0 bridgehead atoms. The van der Waals surface area contributed by atoms with Gasteiger partial charge in [0.15, 0.2) is 0 Å². The zero-order valence-electron chi connectivity index (χ0n) is 11.4. The molecule has 0 unspecified atom stereocenters. The third-order valence-corrected chi connectivity index (χ3v) is 4.15. The zero-order valence-corrected chi connectivity index (χ0v) is 12.2. The summed E-state index contributed by atoms with van der Waals surface area (Å²) in [6, 6.07) is 14.1. The van der Waals surface area contributed by atoms with Crippen LogP contribution in [0, 0.1) is 5.92 Å². The molecule has 1 heterocycles. The maximum absolute atomic E-state index is 6.00. The first-order valence-electron chi connectivity index (χ1n) is 7.22. The normalized spacial score (nSPS) is 16.6. The summed E-state index contributed by atoms with van der Waals surface area (Å²) in [5, 5.41) is 0.773. The molecule has 2 aromatic rings. The summed E-state index contributed by atoms with van der Waals surface area (Å²) in [6.45, 7) is 0. The van der Waals surface area contributed by atoms with Gasteiger partial charge in [0.1, 0.15) is 0 Å². The van der Waals surface area contributed by atoms with Crippen molar-refractivity contribution in [3.05, 3.63) is 71.0 Å². The lowest BCUT2D eigenvalue weighted by atomic mass is 9.96. The first kappa shape index (κ1) is 13.4. The van der Waals surface area contributed by atoms with Crippen LogP contribution in [0.3, 0.4) is 0 Å². The van der Waals surface area contributed by atoms with Crippen molar-refractivity contribution in [1.82, 2.24) is 4.98 Å². The van der Waals surface area contributed by atoms with E-state index in [0.29, 0.717) is 5.92 Å². The van der Waals surface area contributed by atoms with Crippen molar-refractivity contribution in [3.8, 4) is 0 Å². The van der Waals surface area contributed by atoms with Crippen LogP contribution >= 0.6 is 11.6 Å². The Bertz CT molecular complexity index is 581. The summed E-state index contributed by atoms with van der Waals surface area (Å²) in [6.07, 6.45) is 9.54. The number of halogens is 1. The smallest absolute Gasteiger partial charge is 0.0704 e. The molecule has 0 atom stereocenters. The minimum absolute atomic E-state index is 0.683. The number of benzene rings is 1. The molecular formula is C18H18ClN. The number of hydrogen-bond donors (Lipinski definition) is 0. The quantitative estimate of drug-likeness (QED) is 0.739. The third kappa shape index (κ3) is 3.10. The molecule has 0 spiro atoms. The predicted molar refractivity (Wildman–Crippen MR) is 84.7 cm³/mol. The highest BCUT2D eigenvalue weighted by Crippen LogP contribution is 2.31. The molecule has 2 heteroatoms. The Labute approximate surface area is 125 Å². The first-order chi connectivity index (χ1) is 9.83. The molecule has 0 saturated heterocycles. The molecule has 20 heavy (non-hydrogen) atoms. The van der Waals surface area contributed by atoms with Crippen molar-refractivity contribution < 1.29 is 0 Å². The predicted octanol–water partition coefficient (Wildman–Crippen LogP) is 5.36. The van der Waals surface area contributed by atoms with E-state index >= 15 is 0 Å². The average molecular weight is 284 g/mol. The van der Waals surface area contributed by atoms with Crippen molar-refractivity contribution in [1.29, 1.82) is 0 Å². The second-order valence-electron chi connectivity index (χ2n) is 5.35. The lowest BCUT2D eigenvalue weighted by molar-refractivity contribution is 0.687. The number of aromatic nitrogens is 1. The Balaban J connectivity index is 2.01. The van der Waals surface area contributed by atoms with E-state index < -0.39 is 0 Å². The van der Waals surface area contributed by atoms with Gasteiger partial charge in [-0.05, 0) is 48.6 Å². The van der Waals surface area contributed by atoms with Crippen LogP contribution in [0.25, 0.3) is 5.57 Å². The minimum atomic E-state index is 0.683. The van der Waals surface area contributed by atoms with Gasteiger partial charge < -0.3 is 0 Å². The Hall–Kier alpha value is -1.60. The first-order valence-corrected chi connectivity index (χ1v) is 7.60. The summed E-state index contributed by atoms with van der Waals surface area (Å²) in [7, 11) is 0. The fraction of sp³-hybridized carbons (Fsp3) is 0.278. The topological polar surface area (TPSA) is 12.9 Å². The monoisotopic (exact) mass is 283 g/mol. The molecule has 0 radical (unpaired) electrons. The van der Waals surface area contributed by atoms with E-state index in [4.69, 9.17) is 11.6 Å². The molecule has 1 nitrogen and oxygen atoms in total. The molecular weight excluding hydrogens is 266 g/mol. The van der Waals surface area contributed by atoms with Crippen molar-refractivity contribution in [2.75, 3.05) is 0 Å². The van der Waals surface area contributed by atoms with Crippen LogP contribution in [0.1, 0.15) is 36.9 Å². The SMILES string of the molecule is Clc1ccc(C(=CC2CCCC2)c2ccccn2)cc1. The lowest BCUT2D eigenvalue weighted by Crippen LogP contribution is -1.95. The number of rotatable bonds is 3. The molecule has 0 aliphatic heterocycles. The van der Waals surface area contributed by atoms with Gasteiger partial charge in [-0.1, -0.05) is 48.7 Å². The zero-order chi connectivity index (χ0) is 13.8. The van der Waals surface area contributed by atoms with Gasteiger partial charge in [0, 0.05) is 16.8 Å². The van der Waals surface area contributed by atoms with Gasteiger partial charge >= 0.3 is 0 Å². The van der Waals surface area contributed by atoms with Crippen LogP contribution in [0.2, 0.25) is 5.02 Å². The molecule has 1 aromatic heterocycles. The molecule has 3 rings (SSSR count). The maximum atomic E-state index is 6.00. The second kappa shape index (κ2) is 6.23. The largest absolute Gasteiger partial charge is 0.256 e. The Morgan fingerprint density at radius 1 is 1.05 bits per heavy atom. The highest BCUT2D eigenvalue weighted by molar-refractivity contribution is 6.30. The second-order valence-corrected chi connectivity index (χ2v) is 5.78. The molecule has 1 aliphatic carbocycles. The maximum Gasteiger partial charge on any atom is 0.0704 e. The standard InChI is InChI=1S/C18H18ClN/c19-16-10-8-15(9-11-16)17(13-14-5-1-2-6-14)18-7-3-4-12-20-18/h3-4,7-14H,1-2,5-6H2. The van der Waals surface area contributed by atoms with Crippen LogP contribution in [-0.4, -0.2) is 4.98 Å². The van der Waals surface area contributed by atoms with E-state index in [9.17, 15) is 0 Å². The van der Waals surface area contributed by atoms with Crippen molar-refractivity contribution in [2.45, 2.75) is 25.7 Å². The van der Waals surface area contributed by atoms with Crippen LogP contribution in [0.15, 0.2) is 54.7 Å². The number of hydrogen-bond acceptors (Lipinski definition) is 1. The average Bonchev–Trinajstić information content (AvgIpc) is 3.00. The van der Waals surface area contributed by atoms with E-state index in [1.807, 2.05) is 30.5 Å². The number of pyridine rings is 1. The van der Waals surface area contributed by atoms with Crippen LogP contribution < -0.4 is 0 Å². The molecule has 1 aliphatic rings. The molecule has 1 aromatic carbocycles. The summed E-state index contributed by atoms with van der Waals surface area (Å²) >= 11 is 6.00. The Morgan fingerprint density at radius 2 is 1.80 bits per heavy atom. The van der Waals surface area contributed by atoms with Gasteiger partial charge in [0.25, 0.3) is 0 Å². The van der Waals surface area contributed by atoms with Crippen LogP contribution in [0.4, 0.5) is 0 Å². The van der Waals surface area contributed by atoms with Gasteiger partial charge in [-0.2, -0.15) is 0 Å². The summed E-state index contributed by atoms with van der Waals surface area (Å²) < 4.78 is 0. The lowest BCUT2D eigenvalue weighted by Gasteiger charge is -2.11. The van der Waals surface area contributed by atoms with E-state index in [1.165, 1.54) is 36.8 Å². The van der Waals surface area contributed by atoms with E-state index in [2.05, 4.69) is 29.3 Å². The highest BCUT2D eigenvalue weighted by atomic mass is 35.5. The molecule has 102 valence electrons. The summed E-state index contributed by atoms with van der Waals surface area (Å²) in [5.41, 5.74) is 3.47. The molecule has 0 amide bonds. The van der Waals surface area contributed by atoms with Gasteiger partial charge in [-0.3, -0.25) is 4.98 Å². The van der Waals surface area contributed by atoms with Gasteiger partial charge in [0.2, 0.25) is 0 Å². The number of nitrogens with zero attached hydrogens (tertiary/aromatic N) is 1. The van der Waals surface area contributed by atoms with Gasteiger partial charge in [-0.15, -0.1) is 0 Å². The van der Waals surface area contributed by atoms with Crippen LogP contribution in [0.5, 0.6) is 0 Å². The Kier molecular flexibility index (Phi) is 4.17. The van der Waals surface area contributed by atoms with E-state index in [0.717, 1.165) is 10.7 Å². The molecule has 0 N–H and O–H groups in total. The summed E-state index contributed by atoms with van der Waals surface area (Å²) in [5.74, 6) is 0.683.